The molecule has 1 aliphatic carbocycles. The standard InChI is InChI=1S/C16H19N3O3S/c1-9-6-12(9)14-5-4-11(22-14)7-19(3)15(21)13-8-23-16(18-13)17-10(2)20/h4-5,8-9,12H,6-7H2,1-3H3,(H,17,18,20). The predicted octanol–water partition coefficient (Wildman–Crippen LogP) is 3.09. The van der Waals surface area contributed by atoms with Crippen LogP contribution in [0.3, 0.4) is 0 Å². The number of amides is 2. The summed E-state index contributed by atoms with van der Waals surface area (Å²) >= 11 is 1.23. The Morgan fingerprint density at radius 3 is 2.87 bits per heavy atom. The van der Waals surface area contributed by atoms with Crippen LogP contribution >= 0.6 is 11.3 Å². The van der Waals surface area contributed by atoms with E-state index in [9.17, 15) is 9.59 Å². The molecule has 1 fully saturated rings. The Balaban J connectivity index is 1.61. The van der Waals surface area contributed by atoms with Crippen LogP contribution in [0.4, 0.5) is 5.13 Å². The molecule has 7 heteroatoms. The summed E-state index contributed by atoms with van der Waals surface area (Å²) in [5.41, 5.74) is 0.323. The summed E-state index contributed by atoms with van der Waals surface area (Å²) in [6, 6.07) is 3.92. The van der Waals surface area contributed by atoms with Crippen molar-refractivity contribution in [1.82, 2.24) is 9.88 Å². The van der Waals surface area contributed by atoms with Gasteiger partial charge in [0.1, 0.15) is 17.2 Å². The van der Waals surface area contributed by atoms with Gasteiger partial charge in [0.15, 0.2) is 5.13 Å². The maximum Gasteiger partial charge on any atom is 0.273 e. The number of hydrogen-bond acceptors (Lipinski definition) is 5. The molecule has 0 radical (unpaired) electrons. The van der Waals surface area contributed by atoms with Crippen LogP contribution in [0.1, 0.15) is 48.2 Å². The van der Waals surface area contributed by atoms with Gasteiger partial charge in [0, 0.05) is 25.3 Å². The molecule has 2 unspecified atom stereocenters. The molecule has 0 spiro atoms. The first kappa shape index (κ1) is 15.7. The molecule has 0 bridgehead atoms. The van der Waals surface area contributed by atoms with E-state index < -0.39 is 0 Å². The fourth-order valence-electron chi connectivity index (χ4n) is 2.48. The molecule has 1 aliphatic rings. The summed E-state index contributed by atoms with van der Waals surface area (Å²) in [7, 11) is 1.71. The zero-order chi connectivity index (χ0) is 16.6. The van der Waals surface area contributed by atoms with Gasteiger partial charge in [-0.05, 0) is 24.5 Å². The van der Waals surface area contributed by atoms with E-state index >= 15 is 0 Å². The molecule has 2 heterocycles. The van der Waals surface area contributed by atoms with E-state index in [2.05, 4.69) is 17.2 Å². The first-order valence-corrected chi connectivity index (χ1v) is 8.39. The van der Waals surface area contributed by atoms with Crippen molar-refractivity contribution in [3.05, 3.63) is 34.7 Å². The van der Waals surface area contributed by atoms with Crippen molar-refractivity contribution in [3.8, 4) is 0 Å². The molecule has 2 aromatic rings. The summed E-state index contributed by atoms with van der Waals surface area (Å²) in [5, 5.41) is 4.65. The first-order valence-electron chi connectivity index (χ1n) is 7.51. The van der Waals surface area contributed by atoms with Crippen LogP contribution < -0.4 is 5.32 Å². The fraction of sp³-hybridized carbons (Fsp3) is 0.438. The number of aromatic nitrogens is 1. The molecule has 1 N–H and O–H groups in total. The molecule has 2 aromatic heterocycles. The van der Waals surface area contributed by atoms with Gasteiger partial charge in [0.25, 0.3) is 5.91 Å². The molecule has 23 heavy (non-hydrogen) atoms. The SMILES string of the molecule is CC(=O)Nc1nc(C(=O)N(C)Cc2ccc(C3CC3C)o2)cs1. The molecule has 3 rings (SSSR count). The van der Waals surface area contributed by atoms with Gasteiger partial charge >= 0.3 is 0 Å². The third-order valence-electron chi connectivity index (χ3n) is 3.90. The fourth-order valence-corrected chi connectivity index (χ4v) is 3.21. The van der Waals surface area contributed by atoms with E-state index in [0.29, 0.717) is 29.2 Å². The summed E-state index contributed by atoms with van der Waals surface area (Å²) in [4.78, 5) is 29.1. The van der Waals surface area contributed by atoms with Crippen molar-refractivity contribution >= 4 is 28.3 Å². The largest absolute Gasteiger partial charge is 0.464 e. The van der Waals surface area contributed by atoms with Crippen molar-refractivity contribution in [2.75, 3.05) is 12.4 Å². The van der Waals surface area contributed by atoms with Crippen LogP contribution in [-0.2, 0) is 11.3 Å². The Hall–Kier alpha value is -2.15. The lowest BCUT2D eigenvalue weighted by molar-refractivity contribution is -0.114. The highest BCUT2D eigenvalue weighted by Crippen LogP contribution is 2.47. The number of nitrogens with one attached hydrogen (secondary N) is 1. The van der Waals surface area contributed by atoms with E-state index in [4.69, 9.17) is 4.42 Å². The van der Waals surface area contributed by atoms with E-state index in [1.54, 1.807) is 17.3 Å². The number of nitrogens with zero attached hydrogens (tertiary/aromatic N) is 2. The molecule has 0 saturated heterocycles. The highest BCUT2D eigenvalue weighted by atomic mass is 32.1. The molecule has 0 aliphatic heterocycles. The van der Waals surface area contributed by atoms with Crippen LogP contribution in [0, 0.1) is 5.92 Å². The van der Waals surface area contributed by atoms with Gasteiger partial charge in [-0.15, -0.1) is 11.3 Å². The number of hydrogen-bond donors (Lipinski definition) is 1. The van der Waals surface area contributed by atoms with Crippen LogP contribution in [0.25, 0.3) is 0 Å². The number of carbonyl (C=O) groups excluding carboxylic acids is 2. The summed E-state index contributed by atoms with van der Waals surface area (Å²) in [6.07, 6.45) is 1.17. The summed E-state index contributed by atoms with van der Waals surface area (Å²) < 4.78 is 5.82. The zero-order valence-electron chi connectivity index (χ0n) is 13.3. The van der Waals surface area contributed by atoms with E-state index in [-0.39, 0.29) is 11.8 Å². The minimum absolute atomic E-state index is 0.199. The molecule has 2 atom stereocenters. The number of rotatable bonds is 5. The number of anilines is 1. The monoisotopic (exact) mass is 333 g/mol. The Morgan fingerprint density at radius 2 is 2.22 bits per heavy atom. The van der Waals surface area contributed by atoms with Crippen LogP contribution in [0.5, 0.6) is 0 Å². The number of furan rings is 1. The third kappa shape index (κ3) is 3.61. The summed E-state index contributed by atoms with van der Waals surface area (Å²) in [6.45, 7) is 4.01. The number of thiazole rings is 1. The molecule has 0 aromatic carbocycles. The molecular formula is C16H19N3O3S. The van der Waals surface area contributed by atoms with Gasteiger partial charge < -0.3 is 14.6 Å². The van der Waals surface area contributed by atoms with Crippen molar-refractivity contribution in [3.63, 3.8) is 0 Å². The minimum Gasteiger partial charge on any atom is -0.464 e. The topological polar surface area (TPSA) is 75.4 Å². The van der Waals surface area contributed by atoms with Crippen LogP contribution in [0.2, 0.25) is 0 Å². The maximum atomic E-state index is 12.4. The van der Waals surface area contributed by atoms with Crippen molar-refractivity contribution in [1.29, 1.82) is 0 Å². The lowest BCUT2D eigenvalue weighted by Gasteiger charge is -2.14. The highest BCUT2D eigenvalue weighted by molar-refractivity contribution is 7.14. The average Bonchev–Trinajstić information content (AvgIpc) is 2.91. The molecule has 2 amide bonds. The number of carbonyl (C=O) groups is 2. The van der Waals surface area contributed by atoms with Gasteiger partial charge in [0.2, 0.25) is 5.91 Å². The first-order chi connectivity index (χ1) is 10.9. The molecule has 122 valence electrons. The second kappa shape index (κ2) is 6.16. The van der Waals surface area contributed by atoms with E-state index in [0.717, 1.165) is 11.5 Å². The van der Waals surface area contributed by atoms with Crippen LogP contribution in [-0.4, -0.2) is 28.7 Å². The quantitative estimate of drug-likeness (QED) is 0.912. The van der Waals surface area contributed by atoms with Crippen molar-refractivity contribution in [2.24, 2.45) is 5.92 Å². The molecule has 6 nitrogen and oxygen atoms in total. The average molecular weight is 333 g/mol. The Morgan fingerprint density at radius 1 is 1.48 bits per heavy atom. The van der Waals surface area contributed by atoms with E-state index in [1.807, 2.05) is 12.1 Å². The predicted molar refractivity (Wildman–Crippen MR) is 87.4 cm³/mol. The lowest BCUT2D eigenvalue weighted by atomic mass is 10.3. The van der Waals surface area contributed by atoms with Gasteiger partial charge in [0.05, 0.1) is 6.54 Å². The Bertz CT molecular complexity index is 737. The zero-order valence-corrected chi connectivity index (χ0v) is 14.1. The summed E-state index contributed by atoms with van der Waals surface area (Å²) in [5.74, 6) is 2.60. The minimum atomic E-state index is -0.205. The maximum absolute atomic E-state index is 12.4. The second-order valence-electron chi connectivity index (χ2n) is 6.00. The van der Waals surface area contributed by atoms with Crippen LogP contribution in [0.15, 0.2) is 21.9 Å². The Kier molecular flexibility index (Phi) is 4.21. The highest BCUT2D eigenvalue weighted by Gasteiger charge is 2.36. The molecular weight excluding hydrogens is 314 g/mol. The van der Waals surface area contributed by atoms with Crippen molar-refractivity contribution < 1.29 is 14.0 Å². The van der Waals surface area contributed by atoms with E-state index in [1.165, 1.54) is 24.7 Å². The Labute approximate surface area is 138 Å². The van der Waals surface area contributed by atoms with Gasteiger partial charge in [-0.2, -0.15) is 0 Å². The van der Waals surface area contributed by atoms with Gasteiger partial charge in [-0.25, -0.2) is 4.98 Å². The van der Waals surface area contributed by atoms with Gasteiger partial charge in [-0.1, -0.05) is 6.92 Å². The van der Waals surface area contributed by atoms with Crippen molar-refractivity contribution in [2.45, 2.75) is 32.7 Å². The second-order valence-corrected chi connectivity index (χ2v) is 6.86. The van der Waals surface area contributed by atoms with Gasteiger partial charge in [-0.3, -0.25) is 9.59 Å². The lowest BCUT2D eigenvalue weighted by Crippen LogP contribution is -2.26. The molecule has 1 saturated carbocycles. The third-order valence-corrected chi connectivity index (χ3v) is 4.66. The smallest absolute Gasteiger partial charge is 0.273 e. The normalized spacial score (nSPS) is 19.4.